The van der Waals surface area contributed by atoms with Gasteiger partial charge in [-0.1, -0.05) is 12.1 Å². The number of nitrogens with one attached hydrogen (secondary N) is 1. The molecule has 2 aromatic rings. The molecule has 3 rings (SSSR count). The first kappa shape index (κ1) is 22.2. The zero-order chi connectivity index (χ0) is 21.5. The van der Waals surface area contributed by atoms with Gasteiger partial charge in [0.2, 0.25) is 11.9 Å². The SMILES string of the molecule is COc1ccccc1N1CCN(C(=O)[C@@H](CCSC)Nc2nc(C)cc(C)n2)CC1. The largest absolute Gasteiger partial charge is 0.495 e. The molecule has 162 valence electrons. The van der Waals surface area contributed by atoms with Crippen LogP contribution >= 0.6 is 11.8 Å². The average molecular weight is 430 g/mol. The summed E-state index contributed by atoms with van der Waals surface area (Å²) < 4.78 is 5.49. The summed E-state index contributed by atoms with van der Waals surface area (Å²) in [5, 5.41) is 3.29. The van der Waals surface area contributed by atoms with Gasteiger partial charge in [0.05, 0.1) is 12.8 Å². The molecule has 1 amide bonds. The van der Waals surface area contributed by atoms with Crippen molar-refractivity contribution >= 4 is 29.3 Å². The minimum Gasteiger partial charge on any atom is -0.495 e. The average Bonchev–Trinajstić information content (AvgIpc) is 2.75. The van der Waals surface area contributed by atoms with Crippen LogP contribution in [0.4, 0.5) is 11.6 Å². The molecule has 2 heterocycles. The van der Waals surface area contributed by atoms with Gasteiger partial charge >= 0.3 is 0 Å². The quantitative estimate of drug-likeness (QED) is 0.692. The number of hydrogen-bond donors (Lipinski definition) is 1. The maximum absolute atomic E-state index is 13.3. The number of carbonyl (C=O) groups is 1. The standard InChI is InChI=1S/C22H31N5O2S/c1-16-15-17(2)24-22(23-16)25-18(9-14-30-4)21(28)27-12-10-26(11-13-27)19-7-5-6-8-20(19)29-3/h5-8,15,18H,9-14H2,1-4H3,(H,23,24,25)/t18-/m1/s1. The molecule has 0 saturated carbocycles. The molecule has 1 aliphatic heterocycles. The molecule has 1 N–H and O–H groups in total. The molecule has 0 unspecified atom stereocenters. The number of piperazine rings is 1. The molecule has 0 radical (unpaired) electrons. The van der Waals surface area contributed by atoms with Crippen LogP contribution in [0, 0.1) is 13.8 Å². The van der Waals surface area contributed by atoms with Crippen molar-refractivity contribution in [3.05, 3.63) is 41.7 Å². The van der Waals surface area contributed by atoms with E-state index in [0.29, 0.717) is 19.0 Å². The maximum atomic E-state index is 13.3. The van der Waals surface area contributed by atoms with Gasteiger partial charge in [-0.3, -0.25) is 4.79 Å². The molecule has 0 spiro atoms. The predicted octanol–water partition coefficient (Wildman–Crippen LogP) is 2.98. The molecule has 0 aliphatic carbocycles. The molecule has 1 fully saturated rings. The van der Waals surface area contributed by atoms with Gasteiger partial charge in [-0.2, -0.15) is 11.8 Å². The van der Waals surface area contributed by atoms with E-state index in [0.717, 1.165) is 48.1 Å². The summed E-state index contributed by atoms with van der Waals surface area (Å²) in [6, 6.07) is 9.63. The number of hydrogen-bond acceptors (Lipinski definition) is 7. The summed E-state index contributed by atoms with van der Waals surface area (Å²) in [6.45, 7) is 6.80. The Morgan fingerprint density at radius 1 is 1.17 bits per heavy atom. The first-order valence-corrected chi connectivity index (χ1v) is 11.7. The Labute approximate surface area is 183 Å². The molecule has 7 nitrogen and oxygen atoms in total. The van der Waals surface area contributed by atoms with Crippen LogP contribution in [-0.2, 0) is 4.79 Å². The zero-order valence-corrected chi connectivity index (χ0v) is 19.0. The topological polar surface area (TPSA) is 70.6 Å². The minimum atomic E-state index is -0.323. The summed E-state index contributed by atoms with van der Waals surface area (Å²) in [6.07, 6.45) is 2.80. The molecule has 1 atom stereocenters. The van der Waals surface area contributed by atoms with Crippen molar-refractivity contribution in [1.82, 2.24) is 14.9 Å². The van der Waals surface area contributed by atoms with Gasteiger partial charge in [0.25, 0.3) is 0 Å². The summed E-state index contributed by atoms with van der Waals surface area (Å²) in [5.74, 6) is 2.41. The van der Waals surface area contributed by atoms with Crippen LogP contribution in [0.2, 0.25) is 0 Å². The molecule has 1 aliphatic rings. The van der Waals surface area contributed by atoms with E-state index >= 15 is 0 Å². The fourth-order valence-electron chi connectivity index (χ4n) is 3.72. The molecule has 1 saturated heterocycles. The molecular weight excluding hydrogens is 398 g/mol. The van der Waals surface area contributed by atoms with Gasteiger partial charge in [0.15, 0.2) is 0 Å². The van der Waals surface area contributed by atoms with Gasteiger partial charge in [-0.25, -0.2) is 9.97 Å². The third kappa shape index (κ3) is 5.56. The van der Waals surface area contributed by atoms with E-state index in [1.807, 2.05) is 43.0 Å². The lowest BCUT2D eigenvalue weighted by Crippen LogP contribution is -2.53. The van der Waals surface area contributed by atoms with E-state index in [4.69, 9.17) is 4.74 Å². The number of nitrogens with zero attached hydrogens (tertiary/aromatic N) is 4. The smallest absolute Gasteiger partial charge is 0.245 e. The van der Waals surface area contributed by atoms with Gasteiger partial charge in [0.1, 0.15) is 11.8 Å². The highest BCUT2D eigenvalue weighted by Gasteiger charge is 2.28. The number of carbonyl (C=O) groups excluding carboxylic acids is 1. The second-order valence-corrected chi connectivity index (χ2v) is 8.42. The van der Waals surface area contributed by atoms with Crippen LogP contribution in [0.1, 0.15) is 17.8 Å². The summed E-state index contributed by atoms with van der Waals surface area (Å²) >= 11 is 1.74. The fourth-order valence-corrected chi connectivity index (χ4v) is 4.19. The molecule has 30 heavy (non-hydrogen) atoms. The Kier molecular flexibility index (Phi) is 7.79. The Balaban J connectivity index is 1.66. The predicted molar refractivity (Wildman–Crippen MR) is 124 cm³/mol. The Hall–Kier alpha value is -2.48. The molecular formula is C22H31N5O2S. The highest BCUT2D eigenvalue weighted by atomic mass is 32.2. The number of thioether (sulfide) groups is 1. The number of rotatable bonds is 8. The monoisotopic (exact) mass is 429 g/mol. The van der Waals surface area contributed by atoms with E-state index in [9.17, 15) is 4.79 Å². The summed E-state index contributed by atoms with van der Waals surface area (Å²) in [5.41, 5.74) is 2.87. The van der Waals surface area contributed by atoms with Crippen LogP contribution < -0.4 is 15.0 Å². The van der Waals surface area contributed by atoms with Crippen LogP contribution in [0.5, 0.6) is 5.75 Å². The second-order valence-electron chi connectivity index (χ2n) is 7.44. The highest BCUT2D eigenvalue weighted by Crippen LogP contribution is 2.28. The fraction of sp³-hybridized carbons (Fsp3) is 0.500. The van der Waals surface area contributed by atoms with E-state index < -0.39 is 0 Å². The van der Waals surface area contributed by atoms with Crippen LogP contribution in [0.25, 0.3) is 0 Å². The number of anilines is 2. The number of amides is 1. The van der Waals surface area contributed by atoms with Crippen LogP contribution in [0.3, 0.4) is 0 Å². The van der Waals surface area contributed by atoms with Crippen LogP contribution in [-0.4, -0.2) is 72.1 Å². The zero-order valence-electron chi connectivity index (χ0n) is 18.2. The van der Waals surface area contributed by atoms with Crippen molar-refractivity contribution in [1.29, 1.82) is 0 Å². The van der Waals surface area contributed by atoms with Gasteiger partial charge in [0, 0.05) is 37.6 Å². The van der Waals surface area contributed by atoms with Crippen LogP contribution in [0.15, 0.2) is 30.3 Å². The Bertz CT molecular complexity index is 835. The third-order valence-corrected chi connectivity index (χ3v) is 5.86. The van der Waals surface area contributed by atoms with Crippen molar-refractivity contribution in [2.24, 2.45) is 0 Å². The van der Waals surface area contributed by atoms with Gasteiger partial charge in [-0.15, -0.1) is 0 Å². The summed E-state index contributed by atoms with van der Waals surface area (Å²) in [7, 11) is 1.69. The Morgan fingerprint density at radius 3 is 2.47 bits per heavy atom. The number of benzene rings is 1. The van der Waals surface area contributed by atoms with Gasteiger partial charge < -0.3 is 19.9 Å². The van der Waals surface area contributed by atoms with Gasteiger partial charge in [-0.05, 0) is 50.5 Å². The number of methoxy groups -OCH3 is 1. The van der Waals surface area contributed by atoms with Crippen molar-refractivity contribution in [3.63, 3.8) is 0 Å². The number of aromatic nitrogens is 2. The molecule has 1 aromatic carbocycles. The molecule has 8 heteroatoms. The van der Waals surface area contributed by atoms with E-state index in [-0.39, 0.29) is 11.9 Å². The van der Waals surface area contributed by atoms with Crippen molar-refractivity contribution in [3.8, 4) is 5.75 Å². The lowest BCUT2D eigenvalue weighted by molar-refractivity contribution is -0.132. The summed E-state index contributed by atoms with van der Waals surface area (Å²) in [4.78, 5) is 26.4. The van der Waals surface area contributed by atoms with E-state index in [1.165, 1.54) is 0 Å². The molecule has 1 aromatic heterocycles. The lowest BCUT2D eigenvalue weighted by Gasteiger charge is -2.38. The maximum Gasteiger partial charge on any atom is 0.245 e. The first-order valence-electron chi connectivity index (χ1n) is 10.3. The minimum absolute atomic E-state index is 0.117. The highest BCUT2D eigenvalue weighted by molar-refractivity contribution is 7.98. The van der Waals surface area contributed by atoms with E-state index in [1.54, 1.807) is 18.9 Å². The van der Waals surface area contributed by atoms with Crippen molar-refractivity contribution in [2.75, 3.05) is 55.5 Å². The Morgan fingerprint density at radius 2 is 1.83 bits per heavy atom. The normalized spacial score (nSPS) is 15.1. The molecule has 0 bridgehead atoms. The number of aryl methyl sites for hydroxylation is 2. The lowest BCUT2D eigenvalue weighted by atomic mass is 10.1. The van der Waals surface area contributed by atoms with Crippen molar-refractivity contribution < 1.29 is 9.53 Å². The third-order valence-electron chi connectivity index (χ3n) is 5.21. The first-order chi connectivity index (χ1) is 14.5. The number of ether oxygens (including phenoxy) is 1. The second kappa shape index (κ2) is 10.5. The van der Waals surface area contributed by atoms with Crippen molar-refractivity contribution in [2.45, 2.75) is 26.3 Å². The number of para-hydroxylation sites is 2. The van der Waals surface area contributed by atoms with E-state index in [2.05, 4.69) is 32.5 Å².